The molecule has 34 heteroatoms. The second-order valence-corrected chi connectivity index (χ2v) is 24.3. The Balaban J connectivity index is 0.000000151. The maximum Gasteiger partial charge on any atom is 0.306 e. The number of anilines is 4. The summed E-state index contributed by atoms with van der Waals surface area (Å²) in [5.74, 6) is -0.571. The fraction of sp³-hybridized carbons (Fsp3) is 0.323. The van der Waals surface area contributed by atoms with E-state index in [0.29, 0.717) is 106 Å². The number of carbonyl (C=O) groups is 6. The number of fused-ring (bicyclic) bond motifs is 4. The molecule has 4 aliphatic heterocycles. The molecule has 96 heavy (non-hydrogen) atoms. The van der Waals surface area contributed by atoms with Crippen LogP contribution in [0.2, 0.25) is 0 Å². The van der Waals surface area contributed by atoms with Gasteiger partial charge in [0.1, 0.15) is 34.3 Å². The van der Waals surface area contributed by atoms with E-state index in [-0.39, 0.29) is 29.6 Å². The van der Waals surface area contributed by atoms with Crippen molar-refractivity contribution in [2.75, 3.05) is 73.6 Å². The summed E-state index contributed by atoms with van der Waals surface area (Å²) >= 11 is 14.1. The number of aliphatic hydroxyl groups is 2. The number of aliphatic hydroxyl groups excluding tert-OH is 2. The molecule has 8 heterocycles. The van der Waals surface area contributed by atoms with Gasteiger partial charge in [0.15, 0.2) is 12.2 Å². The number of aliphatic imine (C=N–C) groups is 4. The van der Waals surface area contributed by atoms with E-state index in [2.05, 4.69) is 145 Å². The first-order valence-corrected chi connectivity index (χ1v) is 33.1. The molecular weight excluding hydrogens is 1500 g/mol. The Morgan fingerprint density at radius 2 is 0.688 bits per heavy atom. The fourth-order valence-electron chi connectivity index (χ4n) is 9.65. The number of carbonyl (C=O) groups excluding carboxylic acids is 6. The van der Waals surface area contributed by atoms with E-state index in [1.165, 1.54) is 40.4 Å². The Bertz CT molecular complexity index is 4260. The predicted molar refractivity (Wildman–Crippen MR) is 375 cm³/mol. The van der Waals surface area contributed by atoms with E-state index in [4.69, 9.17) is 9.47 Å². The predicted octanol–water partition coefficient (Wildman–Crippen LogP) is 7.45. The van der Waals surface area contributed by atoms with Crippen LogP contribution in [-0.4, -0.2) is 206 Å². The average molecular weight is 1570 g/mol. The Labute approximate surface area is 582 Å². The highest BCUT2D eigenvalue weighted by molar-refractivity contribution is 9.11. The Hall–Kier alpha value is -9.22. The highest BCUT2D eigenvalue weighted by Crippen LogP contribution is 2.33. The molecule has 30 nitrogen and oxygen atoms in total. The molecule has 0 saturated heterocycles. The highest BCUT2D eigenvalue weighted by Gasteiger charge is 2.33. The summed E-state index contributed by atoms with van der Waals surface area (Å²) in [4.78, 5) is 129. The van der Waals surface area contributed by atoms with Crippen molar-refractivity contribution in [2.45, 2.75) is 78.8 Å². The fourth-order valence-corrected chi connectivity index (χ4v) is 11.8. The van der Waals surface area contributed by atoms with Gasteiger partial charge in [-0.15, -0.1) is 0 Å². The van der Waals surface area contributed by atoms with Crippen LogP contribution in [0.3, 0.4) is 0 Å². The van der Waals surface area contributed by atoms with E-state index in [0.717, 1.165) is 68.1 Å². The SMILES string of the molecule is CC(=O)OC(C)C(=O)N1CCN=C1Nc1ccc2nccnc2c1Br.CC(O)C(=O)N1CCN=C1Nc1ccc2nccnc2c1Br.CC(O)C(=O)N1CCN=C1Nc1ccc2nccnc2c1Br.CCCC(=O)OC(C)C(=O)N1CCN=C1Nc1ccc2nccnc2c1Br. The molecule has 0 aliphatic carbocycles. The molecule has 0 radical (unpaired) electrons. The molecule has 4 aliphatic rings. The van der Waals surface area contributed by atoms with Gasteiger partial charge in [0.25, 0.3) is 23.6 Å². The van der Waals surface area contributed by atoms with Crippen LogP contribution in [0.1, 0.15) is 54.4 Å². The van der Waals surface area contributed by atoms with Crippen LogP contribution in [0.5, 0.6) is 0 Å². The van der Waals surface area contributed by atoms with Crippen molar-refractivity contribution < 1.29 is 48.5 Å². The number of rotatable bonds is 12. The smallest absolute Gasteiger partial charge is 0.306 e. The van der Waals surface area contributed by atoms with Crippen LogP contribution in [0.15, 0.2) is 136 Å². The minimum Gasteiger partial charge on any atom is -0.453 e. The summed E-state index contributed by atoms with van der Waals surface area (Å²) in [6.45, 7) is 12.9. The first-order chi connectivity index (χ1) is 46.1. The number of nitrogens with one attached hydrogen (secondary N) is 4. The second-order valence-electron chi connectivity index (χ2n) is 21.2. The number of esters is 2. The van der Waals surface area contributed by atoms with E-state index >= 15 is 0 Å². The lowest BCUT2D eigenvalue weighted by atomic mass is 10.2. The van der Waals surface area contributed by atoms with Gasteiger partial charge in [-0.05, 0) is 146 Å². The van der Waals surface area contributed by atoms with Crippen LogP contribution in [0.4, 0.5) is 22.7 Å². The molecule has 4 unspecified atom stereocenters. The zero-order valence-electron chi connectivity index (χ0n) is 52.4. The Kier molecular flexibility index (Phi) is 24.4. The van der Waals surface area contributed by atoms with Crippen molar-refractivity contribution in [3.05, 3.63) is 116 Å². The normalized spacial score (nSPS) is 15.3. The quantitative estimate of drug-likeness (QED) is 0.0646. The van der Waals surface area contributed by atoms with Crippen molar-refractivity contribution in [3.63, 3.8) is 0 Å². The van der Waals surface area contributed by atoms with Gasteiger partial charge in [-0.1, -0.05) is 6.92 Å². The number of amides is 4. The van der Waals surface area contributed by atoms with Gasteiger partial charge in [-0.25, -0.2) is 0 Å². The van der Waals surface area contributed by atoms with Crippen molar-refractivity contribution >= 4 is 190 Å². The minimum atomic E-state index is -1.06. The molecule has 12 rings (SSSR count). The number of nitrogens with zero attached hydrogens (tertiary/aromatic N) is 16. The molecule has 8 aromatic rings. The average Bonchev–Trinajstić information content (AvgIpc) is 1.31. The molecule has 0 spiro atoms. The van der Waals surface area contributed by atoms with Gasteiger partial charge in [-0.3, -0.25) is 108 Å². The lowest BCUT2D eigenvalue weighted by Crippen LogP contribution is -2.44. The lowest BCUT2D eigenvalue weighted by molar-refractivity contribution is -0.157. The minimum absolute atomic E-state index is 0.294. The Morgan fingerprint density at radius 3 is 0.948 bits per heavy atom. The summed E-state index contributed by atoms with van der Waals surface area (Å²) in [7, 11) is 0. The summed E-state index contributed by atoms with van der Waals surface area (Å²) in [5, 5.41) is 31.5. The number of hydrogen-bond donors (Lipinski definition) is 6. The second kappa shape index (κ2) is 33.0. The first kappa shape index (κ1) is 71.1. The van der Waals surface area contributed by atoms with Crippen molar-refractivity contribution in [3.8, 4) is 0 Å². The number of aromatic nitrogens is 8. The Morgan fingerprint density at radius 1 is 0.427 bits per heavy atom. The van der Waals surface area contributed by atoms with Crippen LogP contribution in [-0.2, 0) is 38.2 Å². The molecule has 0 bridgehead atoms. The molecule has 4 aromatic heterocycles. The van der Waals surface area contributed by atoms with E-state index in [1.807, 2.05) is 55.5 Å². The topological polar surface area (TPSA) is 375 Å². The maximum absolute atomic E-state index is 12.7. The molecular formula is C62H64Br4N20O10. The molecule has 500 valence electrons. The van der Waals surface area contributed by atoms with E-state index < -0.39 is 30.4 Å². The van der Waals surface area contributed by atoms with Gasteiger partial charge in [0.2, 0.25) is 23.8 Å². The van der Waals surface area contributed by atoms with Crippen molar-refractivity contribution in [1.29, 1.82) is 0 Å². The zero-order valence-corrected chi connectivity index (χ0v) is 58.8. The van der Waals surface area contributed by atoms with Gasteiger partial charge < -0.3 is 41.0 Å². The summed E-state index contributed by atoms with van der Waals surface area (Å²) < 4.78 is 13.1. The van der Waals surface area contributed by atoms with Crippen LogP contribution < -0.4 is 21.3 Å². The molecule has 4 amide bonds. The standard InChI is InChI=1S/C18H20BrN5O3.C16H16BrN5O3.2C14H14BrN5O2/c1-3-4-14(25)27-11(2)17(26)24-10-9-22-18(24)23-12-5-6-13-16(15(12)19)21-8-7-20-13;1-9(25-10(2)23)15(24)22-8-7-20-16(22)21-11-3-4-12-14(13(11)17)19-6-5-18-12;2*1-8(21)13(22)20-7-6-18-14(20)19-9-2-3-10-12(11(9)15)17-5-4-16-10/h5-8,11H,3-4,9-10H2,1-2H3,(H,22,23);3-6,9H,7-8H2,1-2H3,(H,20,21);2*2-5,8,21H,6-7H2,1H3,(H,18,19). The van der Waals surface area contributed by atoms with Crippen LogP contribution in [0, 0.1) is 0 Å². The van der Waals surface area contributed by atoms with Gasteiger partial charge in [0, 0.05) is 89.1 Å². The zero-order chi connectivity index (χ0) is 68.7. The van der Waals surface area contributed by atoms with Crippen molar-refractivity contribution in [1.82, 2.24) is 59.5 Å². The van der Waals surface area contributed by atoms with Crippen LogP contribution >= 0.6 is 63.7 Å². The number of hydrogen-bond acceptors (Lipinski definition) is 26. The lowest BCUT2D eigenvalue weighted by Gasteiger charge is -2.23. The van der Waals surface area contributed by atoms with E-state index in [9.17, 15) is 39.0 Å². The summed E-state index contributed by atoms with van der Waals surface area (Å²) in [5.41, 5.74) is 8.81. The third-order valence-electron chi connectivity index (χ3n) is 14.2. The van der Waals surface area contributed by atoms with Crippen molar-refractivity contribution in [2.24, 2.45) is 20.0 Å². The summed E-state index contributed by atoms with van der Waals surface area (Å²) in [6.07, 6.45) is 10.1. The maximum atomic E-state index is 12.7. The highest BCUT2D eigenvalue weighted by atomic mass is 79.9. The van der Waals surface area contributed by atoms with Crippen LogP contribution in [0.25, 0.3) is 44.1 Å². The largest absolute Gasteiger partial charge is 0.453 e. The number of halogens is 4. The first-order valence-electron chi connectivity index (χ1n) is 29.9. The molecule has 4 aromatic carbocycles. The molecule has 0 fully saturated rings. The van der Waals surface area contributed by atoms with Gasteiger partial charge >= 0.3 is 11.9 Å². The monoisotopic (exact) mass is 1560 g/mol. The van der Waals surface area contributed by atoms with Gasteiger partial charge in [0.05, 0.1) is 88.9 Å². The third kappa shape index (κ3) is 17.2. The van der Waals surface area contributed by atoms with E-state index in [1.54, 1.807) is 63.4 Å². The third-order valence-corrected chi connectivity index (χ3v) is 17.5. The summed E-state index contributed by atoms with van der Waals surface area (Å²) in [6, 6.07) is 14.7. The number of guanidine groups is 4. The van der Waals surface area contributed by atoms with Gasteiger partial charge in [-0.2, -0.15) is 0 Å². The molecule has 6 N–H and O–H groups in total. The molecule has 0 saturated carbocycles. The number of benzene rings is 4. The number of ether oxygens (including phenoxy) is 2. The molecule has 4 atom stereocenters.